The molecule has 4 heteroatoms. The zero-order valence-electron chi connectivity index (χ0n) is 7.13. The van der Waals surface area contributed by atoms with Crippen LogP contribution in [0.4, 0.5) is 5.00 Å². The number of thiazole rings is 1. The van der Waals surface area contributed by atoms with Crippen LogP contribution in [0, 0.1) is 6.92 Å². The normalized spacial score (nSPS) is 13.3. The molecule has 1 aliphatic rings. The predicted molar refractivity (Wildman–Crippen MR) is 57.5 cm³/mol. The van der Waals surface area contributed by atoms with Gasteiger partial charge in [0.2, 0.25) is 0 Å². The Morgan fingerprint density at radius 2 is 2.46 bits per heavy atom. The molecule has 0 radical (unpaired) electrons. The van der Waals surface area contributed by atoms with E-state index in [1.165, 1.54) is 21.1 Å². The minimum Gasteiger partial charge on any atom is -0.371 e. The van der Waals surface area contributed by atoms with Gasteiger partial charge in [0, 0.05) is 5.56 Å². The average molecular weight is 208 g/mol. The van der Waals surface area contributed by atoms with Gasteiger partial charge in [-0.2, -0.15) is 0 Å². The van der Waals surface area contributed by atoms with E-state index in [4.69, 9.17) is 0 Å². The topological polar surface area (TPSA) is 24.9 Å². The molecular weight excluding hydrogens is 200 g/mol. The molecule has 1 aliphatic heterocycles. The number of rotatable bonds is 0. The lowest BCUT2D eigenvalue weighted by molar-refractivity contribution is 1.05. The van der Waals surface area contributed by atoms with Crippen LogP contribution in [0.25, 0.3) is 10.4 Å². The molecule has 0 bridgehead atoms. The predicted octanol–water partition coefficient (Wildman–Crippen LogP) is 3.11. The quantitative estimate of drug-likeness (QED) is 0.719. The van der Waals surface area contributed by atoms with Crippen molar-refractivity contribution < 1.29 is 0 Å². The number of aromatic nitrogens is 1. The Balaban J connectivity index is 2.29. The molecule has 1 N–H and O–H groups in total. The van der Waals surface area contributed by atoms with Crippen LogP contribution in [0.2, 0.25) is 0 Å². The number of aryl methyl sites for hydroxylation is 1. The zero-order chi connectivity index (χ0) is 8.84. The van der Waals surface area contributed by atoms with Crippen molar-refractivity contribution in [3.8, 4) is 10.4 Å². The van der Waals surface area contributed by atoms with E-state index in [1.54, 1.807) is 22.7 Å². The molecule has 0 saturated carbocycles. The zero-order valence-corrected chi connectivity index (χ0v) is 8.76. The number of nitrogens with zero attached hydrogens (tertiary/aromatic N) is 1. The van der Waals surface area contributed by atoms with Gasteiger partial charge in [0.15, 0.2) is 0 Å². The average Bonchev–Trinajstić information content (AvgIpc) is 2.65. The maximum absolute atomic E-state index is 4.49. The largest absolute Gasteiger partial charge is 0.371 e. The molecule has 2 aromatic heterocycles. The van der Waals surface area contributed by atoms with Gasteiger partial charge in [-0.1, -0.05) is 0 Å². The van der Waals surface area contributed by atoms with E-state index in [0.29, 0.717) is 0 Å². The minimum atomic E-state index is 0.882. The summed E-state index contributed by atoms with van der Waals surface area (Å²) in [5, 5.41) is 7.95. The van der Waals surface area contributed by atoms with Crippen molar-refractivity contribution >= 4 is 27.7 Å². The number of nitrogens with one attached hydrogen (secondary N) is 1. The second-order valence-corrected chi connectivity index (χ2v) is 5.14. The number of hydrogen-bond donors (Lipinski definition) is 1. The first kappa shape index (κ1) is 7.53. The van der Waals surface area contributed by atoms with Gasteiger partial charge in [-0.05, 0) is 18.4 Å². The van der Waals surface area contributed by atoms with Gasteiger partial charge in [-0.15, -0.1) is 22.7 Å². The molecule has 0 spiro atoms. The molecule has 0 saturated heterocycles. The molecule has 0 atom stereocenters. The Morgan fingerprint density at radius 3 is 3.38 bits per heavy atom. The summed E-state index contributed by atoms with van der Waals surface area (Å²) < 4.78 is 0. The maximum atomic E-state index is 4.49. The first-order valence-electron chi connectivity index (χ1n) is 4.12. The highest BCUT2D eigenvalue weighted by atomic mass is 32.1. The van der Waals surface area contributed by atoms with E-state index < -0.39 is 0 Å². The molecular formula is C9H8N2S2. The molecule has 3 rings (SSSR count). The summed E-state index contributed by atoms with van der Waals surface area (Å²) in [4.78, 5) is 5.84. The van der Waals surface area contributed by atoms with Crippen molar-refractivity contribution in [2.24, 2.45) is 0 Å². The van der Waals surface area contributed by atoms with Gasteiger partial charge in [-0.3, -0.25) is 0 Å². The molecule has 3 heterocycles. The molecule has 13 heavy (non-hydrogen) atoms. The monoisotopic (exact) mass is 208 g/mol. The second-order valence-electron chi connectivity index (χ2n) is 3.03. The van der Waals surface area contributed by atoms with Crippen molar-refractivity contribution in [1.82, 2.24) is 4.98 Å². The lowest BCUT2D eigenvalue weighted by Gasteiger charge is -2.12. The van der Waals surface area contributed by atoms with E-state index in [2.05, 4.69) is 28.7 Å². The summed E-state index contributed by atoms with van der Waals surface area (Å²) >= 11 is 3.56. The summed E-state index contributed by atoms with van der Waals surface area (Å²) in [5.41, 5.74) is 2.53. The van der Waals surface area contributed by atoms with Crippen LogP contribution >= 0.6 is 22.7 Å². The summed E-state index contributed by atoms with van der Waals surface area (Å²) in [7, 11) is 0. The highest BCUT2D eigenvalue weighted by Crippen LogP contribution is 2.41. The van der Waals surface area contributed by atoms with Gasteiger partial charge in [0.05, 0.1) is 27.1 Å². The fourth-order valence-corrected chi connectivity index (χ4v) is 3.41. The van der Waals surface area contributed by atoms with Crippen LogP contribution in [0.15, 0.2) is 11.4 Å². The minimum absolute atomic E-state index is 0.882. The van der Waals surface area contributed by atoms with E-state index in [-0.39, 0.29) is 0 Å². The van der Waals surface area contributed by atoms with Gasteiger partial charge in [0.1, 0.15) is 0 Å². The summed E-state index contributed by atoms with van der Waals surface area (Å²) in [5.74, 6) is 0. The van der Waals surface area contributed by atoms with Crippen molar-refractivity contribution in [3.05, 3.63) is 22.1 Å². The molecule has 0 unspecified atom stereocenters. The van der Waals surface area contributed by atoms with E-state index in [1.807, 2.05) is 0 Å². The Morgan fingerprint density at radius 1 is 1.54 bits per heavy atom. The Kier molecular flexibility index (Phi) is 1.48. The summed E-state index contributed by atoms with van der Waals surface area (Å²) in [6, 6.07) is 2.17. The highest BCUT2D eigenvalue weighted by Gasteiger charge is 2.19. The van der Waals surface area contributed by atoms with Crippen molar-refractivity contribution in [2.75, 3.05) is 5.32 Å². The van der Waals surface area contributed by atoms with Gasteiger partial charge in [0.25, 0.3) is 0 Å². The molecule has 66 valence electrons. The van der Waals surface area contributed by atoms with Crippen LogP contribution < -0.4 is 5.32 Å². The van der Waals surface area contributed by atoms with Crippen molar-refractivity contribution in [1.29, 1.82) is 0 Å². The maximum Gasteiger partial charge on any atom is 0.0974 e. The van der Waals surface area contributed by atoms with E-state index >= 15 is 0 Å². The highest BCUT2D eigenvalue weighted by molar-refractivity contribution is 7.17. The Bertz CT molecular complexity index is 456. The van der Waals surface area contributed by atoms with Crippen LogP contribution in [0.1, 0.15) is 10.7 Å². The first-order chi connectivity index (χ1) is 6.34. The molecule has 2 aromatic rings. The molecule has 0 amide bonds. The molecule has 2 nitrogen and oxygen atoms in total. The number of hydrogen-bond acceptors (Lipinski definition) is 4. The summed E-state index contributed by atoms with van der Waals surface area (Å²) in [6.45, 7) is 2.95. The number of fused-ring (bicyclic) bond motifs is 3. The lowest BCUT2D eigenvalue weighted by Crippen LogP contribution is -2.04. The summed E-state index contributed by atoms with van der Waals surface area (Å²) in [6.07, 6.45) is 0. The Hall–Kier alpha value is -0.870. The van der Waals surface area contributed by atoms with E-state index in [9.17, 15) is 0 Å². The third-order valence-corrected chi connectivity index (χ3v) is 4.05. The third kappa shape index (κ3) is 1.02. The van der Waals surface area contributed by atoms with Gasteiger partial charge < -0.3 is 5.32 Å². The van der Waals surface area contributed by atoms with Crippen LogP contribution in [0.3, 0.4) is 0 Å². The first-order valence-corrected chi connectivity index (χ1v) is 5.82. The fourth-order valence-electron chi connectivity index (χ4n) is 1.59. The lowest BCUT2D eigenvalue weighted by atomic mass is 10.2. The van der Waals surface area contributed by atoms with Crippen LogP contribution in [-0.2, 0) is 6.54 Å². The molecule has 0 aromatic carbocycles. The fraction of sp³-hybridized carbons (Fsp3) is 0.222. The smallest absolute Gasteiger partial charge is 0.0974 e. The van der Waals surface area contributed by atoms with Crippen molar-refractivity contribution in [3.63, 3.8) is 0 Å². The van der Waals surface area contributed by atoms with Crippen LogP contribution in [0.5, 0.6) is 0 Å². The molecule has 0 aliphatic carbocycles. The third-order valence-electron chi connectivity index (χ3n) is 2.13. The number of thiophene rings is 1. The second kappa shape index (κ2) is 2.56. The van der Waals surface area contributed by atoms with Crippen LogP contribution in [-0.4, -0.2) is 4.98 Å². The molecule has 0 fully saturated rings. The van der Waals surface area contributed by atoms with Crippen molar-refractivity contribution in [2.45, 2.75) is 13.5 Å². The van der Waals surface area contributed by atoms with E-state index in [0.717, 1.165) is 11.6 Å². The van der Waals surface area contributed by atoms with Gasteiger partial charge >= 0.3 is 0 Å². The number of anilines is 1. The standard InChI is InChI=1S/C9H8N2S2/c1-5-11-7-4-10-9-6(2-3-12-9)8(7)13-5/h2-3,10H,4H2,1H3. The SMILES string of the molecule is Cc1nc2c(s1)-c1ccsc1NC2. The Labute approximate surface area is 84.3 Å². The van der Waals surface area contributed by atoms with Gasteiger partial charge in [-0.25, -0.2) is 4.98 Å².